The van der Waals surface area contributed by atoms with Gasteiger partial charge in [0, 0.05) is 6.42 Å². The summed E-state index contributed by atoms with van der Waals surface area (Å²) in [6.07, 6.45) is 3.48. The van der Waals surface area contributed by atoms with Gasteiger partial charge in [-0.25, -0.2) is 4.98 Å². The van der Waals surface area contributed by atoms with Crippen molar-refractivity contribution in [2.75, 3.05) is 12.3 Å². The fourth-order valence-electron chi connectivity index (χ4n) is 1.17. The van der Waals surface area contributed by atoms with E-state index in [1.165, 1.54) is 0 Å². The van der Waals surface area contributed by atoms with Crippen LogP contribution in [0, 0.1) is 6.92 Å². The molecule has 4 heteroatoms. The molecule has 0 radical (unpaired) electrons. The van der Waals surface area contributed by atoms with Crippen molar-refractivity contribution >= 4 is 5.82 Å². The maximum absolute atomic E-state index is 5.77. The van der Waals surface area contributed by atoms with E-state index in [-0.39, 0.29) is 0 Å². The molecule has 0 saturated heterocycles. The summed E-state index contributed by atoms with van der Waals surface area (Å²) in [5.74, 6) is 1.79. The highest BCUT2D eigenvalue weighted by atomic mass is 16.5. The van der Waals surface area contributed by atoms with E-state index in [1.807, 2.05) is 6.92 Å². The lowest BCUT2D eigenvalue weighted by molar-refractivity contribution is 0.344. The molecule has 2 N–H and O–H groups in total. The molecule has 0 bridgehead atoms. The van der Waals surface area contributed by atoms with Crippen molar-refractivity contribution in [3.8, 4) is 5.88 Å². The van der Waals surface area contributed by atoms with Gasteiger partial charge in [0.2, 0.25) is 5.88 Å². The van der Waals surface area contributed by atoms with Crippen molar-refractivity contribution in [1.82, 2.24) is 9.97 Å². The van der Waals surface area contributed by atoms with E-state index in [1.54, 1.807) is 6.08 Å². The Morgan fingerprint density at radius 3 is 2.80 bits per heavy atom. The third-order valence-corrected chi connectivity index (χ3v) is 2.00. The first-order valence-corrected chi connectivity index (χ1v) is 5.05. The van der Waals surface area contributed by atoms with Crippen LogP contribution in [0.4, 0.5) is 5.82 Å². The van der Waals surface area contributed by atoms with E-state index < -0.39 is 0 Å². The summed E-state index contributed by atoms with van der Waals surface area (Å²) in [4.78, 5) is 8.49. The number of nitrogens with two attached hydrogens (primary N) is 1. The SMILES string of the molecule is C=CCOc1nc(CCC)nc(N)c1C. The summed E-state index contributed by atoms with van der Waals surface area (Å²) in [7, 11) is 0. The van der Waals surface area contributed by atoms with Crippen molar-refractivity contribution in [2.45, 2.75) is 26.7 Å². The predicted octanol–water partition coefficient (Wildman–Crippen LogP) is 1.88. The number of hydrogen-bond donors (Lipinski definition) is 1. The van der Waals surface area contributed by atoms with Crippen LogP contribution in [-0.2, 0) is 6.42 Å². The molecule has 0 atom stereocenters. The standard InChI is InChI=1S/C11H17N3O/c1-4-6-9-13-10(12)8(3)11(14-9)15-7-5-2/h5H,2,4,6-7H2,1,3H3,(H2,12,13,14). The van der Waals surface area contributed by atoms with Crippen LogP contribution in [0.25, 0.3) is 0 Å². The van der Waals surface area contributed by atoms with Gasteiger partial charge in [-0.3, -0.25) is 0 Å². The lowest BCUT2D eigenvalue weighted by atomic mass is 10.3. The molecule has 0 fully saturated rings. The van der Waals surface area contributed by atoms with Gasteiger partial charge in [-0.15, -0.1) is 0 Å². The van der Waals surface area contributed by atoms with Gasteiger partial charge in [-0.05, 0) is 13.3 Å². The minimum absolute atomic E-state index is 0.433. The molecule has 1 heterocycles. The Bertz CT molecular complexity index is 350. The molecular weight excluding hydrogens is 190 g/mol. The van der Waals surface area contributed by atoms with Crippen molar-refractivity contribution in [3.05, 3.63) is 24.0 Å². The Morgan fingerprint density at radius 1 is 1.47 bits per heavy atom. The number of nitrogen functional groups attached to an aromatic ring is 1. The predicted molar refractivity (Wildman–Crippen MR) is 60.9 cm³/mol. The molecule has 0 aromatic carbocycles. The lowest BCUT2D eigenvalue weighted by Gasteiger charge is -2.09. The average Bonchev–Trinajstić information content (AvgIpc) is 2.21. The molecule has 0 saturated carbocycles. The quantitative estimate of drug-likeness (QED) is 0.749. The molecule has 0 aliphatic heterocycles. The van der Waals surface area contributed by atoms with E-state index >= 15 is 0 Å². The van der Waals surface area contributed by atoms with Gasteiger partial charge < -0.3 is 10.5 Å². The van der Waals surface area contributed by atoms with E-state index in [0.29, 0.717) is 18.3 Å². The summed E-state index contributed by atoms with van der Waals surface area (Å²) in [6.45, 7) is 7.94. The summed E-state index contributed by atoms with van der Waals surface area (Å²) >= 11 is 0. The maximum atomic E-state index is 5.77. The maximum Gasteiger partial charge on any atom is 0.222 e. The fourth-order valence-corrected chi connectivity index (χ4v) is 1.17. The molecule has 0 aliphatic rings. The molecule has 0 aliphatic carbocycles. The van der Waals surface area contributed by atoms with Gasteiger partial charge >= 0.3 is 0 Å². The van der Waals surface area contributed by atoms with Gasteiger partial charge in [0.15, 0.2) is 0 Å². The lowest BCUT2D eigenvalue weighted by Crippen LogP contribution is -2.07. The Balaban J connectivity index is 2.95. The van der Waals surface area contributed by atoms with Crippen LogP contribution in [0.5, 0.6) is 5.88 Å². The number of aromatic nitrogens is 2. The summed E-state index contributed by atoms with van der Waals surface area (Å²) < 4.78 is 5.40. The van der Waals surface area contributed by atoms with Crippen molar-refractivity contribution in [2.24, 2.45) is 0 Å². The largest absolute Gasteiger partial charge is 0.473 e. The highest BCUT2D eigenvalue weighted by Crippen LogP contribution is 2.19. The Kier molecular flexibility index (Phi) is 4.09. The molecule has 1 aromatic rings. The van der Waals surface area contributed by atoms with Crippen molar-refractivity contribution < 1.29 is 4.74 Å². The normalized spacial score (nSPS) is 10.0. The van der Waals surface area contributed by atoms with E-state index in [0.717, 1.165) is 24.2 Å². The smallest absolute Gasteiger partial charge is 0.222 e. The Hall–Kier alpha value is -1.58. The summed E-state index contributed by atoms with van der Waals surface area (Å²) in [6, 6.07) is 0. The van der Waals surface area contributed by atoms with Crippen molar-refractivity contribution in [1.29, 1.82) is 0 Å². The van der Waals surface area contributed by atoms with E-state index in [9.17, 15) is 0 Å². The zero-order chi connectivity index (χ0) is 11.3. The second-order valence-corrected chi connectivity index (χ2v) is 3.30. The van der Waals surface area contributed by atoms with Crippen molar-refractivity contribution in [3.63, 3.8) is 0 Å². The second kappa shape index (κ2) is 5.34. The van der Waals surface area contributed by atoms with E-state index in [2.05, 4.69) is 23.5 Å². The van der Waals surface area contributed by atoms with Crippen LogP contribution in [0.2, 0.25) is 0 Å². The average molecular weight is 207 g/mol. The molecule has 15 heavy (non-hydrogen) atoms. The van der Waals surface area contributed by atoms with Crippen LogP contribution in [-0.4, -0.2) is 16.6 Å². The zero-order valence-electron chi connectivity index (χ0n) is 9.29. The first-order chi connectivity index (χ1) is 7.19. The molecule has 82 valence electrons. The van der Waals surface area contributed by atoms with Gasteiger partial charge in [-0.2, -0.15) is 4.98 Å². The second-order valence-electron chi connectivity index (χ2n) is 3.30. The topological polar surface area (TPSA) is 61.0 Å². The van der Waals surface area contributed by atoms with Crippen LogP contribution < -0.4 is 10.5 Å². The van der Waals surface area contributed by atoms with Crippen LogP contribution >= 0.6 is 0 Å². The first kappa shape index (κ1) is 11.5. The molecule has 1 aromatic heterocycles. The molecule has 0 spiro atoms. The molecule has 0 unspecified atom stereocenters. The van der Waals surface area contributed by atoms with Gasteiger partial charge in [0.25, 0.3) is 0 Å². The highest BCUT2D eigenvalue weighted by molar-refractivity contribution is 5.44. The molecule has 0 amide bonds. The Morgan fingerprint density at radius 2 is 2.20 bits per heavy atom. The first-order valence-electron chi connectivity index (χ1n) is 5.05. The minimum atomic E-state index is 0.433. The van der Waals surface area contributed by atoms with Crippen LogP contribution in [0.3, 0.4) is 0 Å². The fraction of sp³-hybridized carbons (Fsp3) is 0.455. The summed E-state index contributed by atoms with van der Waals surface area (Å²) in [5.41, 5.74) is 6.56. The number of ether oxygens (including phenoxy) is 1. The van der Waals surface area contributed by atoms with Gasteiger partial charge in [0.05, 0.1) is 5.56 Å². The molecule has 4 nitrogen and oxygen atoms in total. The third kappa shape index (κ3) is 2.94. The summed E-state index contributed by atoms with van der Waals surface area (Å²) in [5, 5.41) is 0. The monoisotopic (exact) mass is 207 g/mol. The molecule has 1 rings (SSSR count). The number of hydrogen-bond acceptors (Lipinski definition) is 4. The van der Waals surface area contributed by atoms with E-state index in [4.69, 9.17) is 10.5 Å². The Labute approximate surface area is 90.2 Å². The number of rotatable bonds is 5. The third-order valence-electron chi connectivity index (χ3n) is 2.00. The van der Waals surface area contributed by atoms with Gasteiger partial charge in [0.1, 0.15) is 18.2 Å². The number of anilines is 1. The van der Waals surface area contributed by atoms with Gasteiger partial charge in [-0.1, -0.05) is 19.6 Å². The highest BCUT2D eigenvalue weighted by Gasteiger charge is 2.08. The molecular formula is C11H17N3O. The van der Waals surface area contributed by atoms with Crippen LogP contribution in [0.15, 0.2) is 12.7 Å². The minimum Gasteiger partial charge on any atom is -0.473 e. The van der Waals surface area contributed by atoms with Crippen LogP contribution in [0.1, 0.15) is 24.7 Å². The number of aryl methyl sites for hydroxylation is 1. The number of nitrogens with zero attached hydrogens (tertiary/aromatic N) is 2. The zero-order valence-corrected chi connectivity index (χ0v) is 9.29.